The van der Waals surface area contributed by atoms with Crippen molar-refractivity contribution >= 4 is 28.6 Å². The maximum Gasteiger partial charge on any atom is 0.257 e. The highest BCUT2D eigenvalue weighted by molar-refractivity contribution is 6.00. The Morgan fingerprint density at radius 3 is 2.71 bits per heavy atom. The SMILES string of the molecule is COc1cc2[nH]nnc2cc1C(=O)N1CC[C@@H](N2Cc3cnc(Nc4cc(C)cc(C)c4)nc3C2)C[C@@H]1C. The Bertz CT molecular complexity index is 1500. The molecule has 1 amide bonds. The number of anilines is 2. The Hall–Kier alpha value is -4.05. The molecule has 0 spiro atoms. The number of likely N-dealkylation sites (tertiary alicyclic amines) is 1. The number of ether oxygens (including phenoxy) is 1. The Morgan fingerprint density at radius 1 is 1.13 bits per heavy atom. The van der Waals surface area contributed by atoms with Crippen molar-refractivity contribution in [2.45, 2.75) is 58.8 Å². The van der Waals surface area contributed by atoms with E-state index in [1.807, 2.05) is 11.1 Å². The first-order valence-corrected chi connectivity index (χ1v) is 13.0. The summed E-state index contributed by atoms with van der Waals surface area (Å²) in [6.07, 6.45) is 3.75. The predicted octanol–water partition coefficient (Wildman–Crippen LogP) is 4.13. The highest BCUT2D eigenvalue weighted by Crippen LogP contribution is 2.32. The Labute approximate surface area is 221 Å². The molecule has 0 aliphatic carbocycles. The standard InChI is InChI=1S/C28H32N8O2/c1-16-7-17(2)9-20(8-16)30-28-29-13-19-14-35(15-25(19)31-28)21-5-6-36(18(3)10-21)27(37)22-11-23-24(33-34-32-23)12-26(22)38-4/h7-9,11-13,18,21H,5-6,10,14-15H2,1-4H3,(H,29,30,31)(H,32,33,34)/t18-,21+/m0/s1. The van der Waals surface area contributed by atoms with Gasteiger partial charge < -0.3 is 15.0 Å². The number of nitrogens with zero attached hydrogens (tertiary/aromatic N) is 6. The van der Waals surface area contributed by atoms with Gasteiger partial charge in [-0.05, 0) is 62.9 Å². The summed E-state index contributed by atoms with van der Waals surface area (Å²) in [5, 5.41) is 14.1. The van der Waals surface area contributed by atoms with Crippen LogP contribution in [0.4, 0.5) is 11.6 Å². The summed E-state index contributed by atoms with van der Waals surface area (Å²) in [6.45, 7) is 8.61. The minimum Gasteiger partial charge on any atom is -0.496 e. The molecular weight excluding hydrogens is 480 g/mol. The van der Waals surface area contributed by atoms with Crippen LogP contribution in [0.3, 0.4) is 0 Å². The van der Waals surface area contributed by atoms with Crippen molar-refractivity contribution in [3.63, 3.8) is 0 Å². The molecule has 38 heavy (non-hydrogen) atoms. The first kappa shape index (κ1) is 24.3. The van der Waals surface area contributed by atoms with Crippen LogP contribution in [0.2, 0.25) is 0 Å². The van der Waals surface area contributed by atoms with Gasteiger partial charge in [-0.15, -0.1) is 5.10 Å². The molecule has 2 aliphatic rings. The second kappa shape index (κ2) is 9.68. The molecule has 10 nitrogen and oxygen atoms in total. The fourth-order valence-corrected chi connectivity index (χ4v) is 5.82. The van der Waals surface area contributed by atoms with E-state index in [-0.39, 0.29) is 11.9 Å². The van der Waals surface area contributed by atoms with E-state index < -0.39 is 0 Å². The van der Waals surface area contributed by atoms with Gasteiger partial charge >= 0.3 is 0 Å². The predicted molar refractivity (Wildman–Crippen MR) is 144 cm³/mol. The number of rotatable bonds is 5. The summed E-state index contributed by atoms with van der Waals surface area (Å²) in [5.74, 6) is 1.12. The maximum absolute atomic E-state index is 13.5. The number of carbonyl (C=O) groups is 1. The van der Waals surface area contributed by atoms with Crippen molar-refractivity contribution < 1.29 is 9.53 Å². The van der Waals surface area contributed by atoms with Gasteiger partial charge in [0.2, 0.25) is 5.95 Å². The highest BCUT2D eigenvalue weighted by Gasteiger charge is 2.36. The van der Waals surface area contributed by atoms with Gasteiger partial charge in [0.25, 0.3) is 5.91 Å². The number of amides is 1. The third kappa shape index (κ3) is 4.56. The molecule has 10 heteroatoms. The molecule has 2 aromatic heterocycles. The number of H-pyrrole nitrogens is 1. The van der Waals surface area contributed by atoms with Crippen molar-refractivity contribution in [2.24, 2.45) is 0 Å². The molecule has 1 saturated heterocycles. The number of benzene rings is 2. The van der Waals surface area contributed by atoms with Gasteiger partial charge in [-0.2, -0.15) is 0 Å². The normalized spacial score (nSPS) is 19.5. The number of fused-ring (bicyclic) bond motifs is 2. The molecule has 0 bridgehead atoms. The molecule has 0 saturated carbocycles. The van der Waals surface area contributed by atoms with Gasteiger partial charge in [0, 0.05) is 55.2 Å². The van der Waals surface area contributed by atoms with E-state index in [1.54, 1.807) is 19.2 Å². The van der Waals surface area contributed by atoms with Crippen LogP contribution in [0.15, 0.2) is 36.5 Å². The number of aryl methyl sites for hydroxylation is 2. The molecule has 4 heterocycles. The van der Waals surface area contributed by atoms with E-state index in [9.17, 15) is 4.79 Å². The van der Waals surface area contributed by atoms with Crippen LogP contribution in [-0.2, 0) is 13.1 Å². The summed E-state index contributed by atoms with van der Waals surface area (Å²) in [4.78, 5) is 27.4. The third-order valence-corrected chi connectivity index (χ3v) is 7.66. The van der Waals surface area contributed by atoms with Crippen LogP contribution < -0.4 is 10.1 Å². The van der Waals surface area contributed by atoms with Gasteiger partial charge in [-0.3, -0.25) is 14.8 Å². The van der Waals surface area contributed by atoms with Crippen LogP contribution in [0.5, 0.6) is 5.75 Å². The summed E-state index contributed by atoms with van der Waals surface area (Å²) >= 11 is 0. The van der Waals surface area contributed by atoms with Crippen LogP contribution in [0.1, 0.15) is 52.5 Å². The Morgan fingerprint density at radius 2 is 1.95 bits per heavy atom. The zero-order valence-electron chi connectivity index (χ0n) is 22.2. The highest BCUT2D eigenvalue weighted by atomic mass is 16.5. The molecule has 1 fully saturated rings. The van der Waals surface area contributed by atoms with Crippen molar-refractivity contribution in [3.05, 3.63) is 64.5 Å². The largest absolute Gasteiger partial charge is 0.496 e. The Kier molecular flexibility index (Phi) is 6.19. The first-order valence-electron chi connectivity index (χ1n) is 13.0. The van der Waals surface area contributed by atoms with Gasteiger partial charge in [0.1, 0.15) is 11.3 Å². The molecule has 196 valence electrons. The van der Waals surface area contributed by atoms with Gasteiger partial charge in [0.05, 0.1) is 23.9 Å². The summed E-state index contributed by atoms with van der Waals surface area (Å²) < 4.78 is 5.52. The van der Waals surface area contributed by atoms with E-state index in [4.69, 9.17) is 9.72 Å². The van der Waals surface area contributed by atoms with Gasteiger partial charge in [0.15, 0.2) is 0 Å². The monoisotopic (exact) mass is 512 g/mol. The molecular formula is C28H32N8O2. The number of nitrogens with one attached hydrogen (secondary N) is 2. The minimum atomic E-state index is -0.0321. The third-order valence-electron chi connectivity index (χ3n) is 7.66. The number of aromatic nitrogens is 5. The topological polar surface area (TPSA) is 112 Å². The first-order chi connectivity index (χ1) is 18.4. The zero-order valence-corrected chi connectivity index (χ0v) is 22.2. The molecule has 6 rings (SSSR count). The number of hydrogen-bond acceptors (Lipinski definition) is 8. The fourth-order valence-electron chi connectivity index (χ4n) is 5.82. The van der Waals surface area contributed by atoms with Crippen LogP contribution >= 0.6 is 0 Å². The number of methoxy groups -OCH3 is 1. The minimum absolute atomic E-state index is 0.0321. The van der Waals surface area contributed by atoms with Crippen LogP contribution in [-0.4, -0.2) is 66.8 Å². The Balaban J connectivity index is 1.12. The lowest BCUT2D eigenvalue weighted by Crippen LogP contribution is -2.50. The van der Waals surface area contributed by atoms with E-state index in [2.05, 4.69) is 69.6 Å². The van der Waals surface area contributed by atoms with Crippen molar-refractivity contribution in [2.75, 3.05) is 19.0 Å². The molecule has 2 atom stereocenters. The summed E-state index contributed by atoms with van der Waals surface area (Å²) in [5.41, 5.74) is 7.57. The van der Waals surface area contributed by atoms with Crippen molar-refractivity contribution in [3.8, 4) is 5.75 Å². The lowest BCUT2D eigenvalue weighted by molar-refractivity contribution is 0.0458. The van der Waals surface area contributed by atoms with E-state index in [0.29, 0.717) is 35.4 Å². The van der Waals surface area contributed by atoms with Gasteiger partial charge in [-0.1, -0.05) is 11.3 Å². The smallest absolute Gasteiger partial charge is 0.257 e. The van der Waals surface area contributed by atoms with Crippen molar-refractivity contribution in [1.29, 1.82) is 0 Å². The molecule has 2 aromatic carbocycles. The fraction of sp³-hybridized carbons (Fsp3) is 0.393. The number of hydrogen-bond donors (Lipinski definition) is 2. The van der Waals surface area contributed by atoms with E-state index >= 15 is 0 Å². The average Bonchev–Trinajstić information content (AvgIpc) is 3.53. The van der Waals surface area contributed by atoms with E-state index in [1.165, 1.54) is 16.7 Å². The second-order valence-corrected chi connectivity index (χ2v) is 10.5. The number of piperidine rings is 1. The second-order valence-electron chi connectivity index (χ2n) is 10.5. The lowest BCUT2D eigenvalue weighted by atomic mass is 9.96. The van der Waals surface area contributed by atoms with Crippen molar-refractivity contribution in [1.82, 2.24) is 35.2 Å². The molecule has 0 unspecified atom stereocenters. The zero-order chi connectivity index (χ0) is 26.4. The molecule has 4 aromatic rings. The lowest BCUT2D eigenvalue weighted by Gasteiger charge is -2.41. The summed E-state index contributed by atoms with van der Waals surface area (Å²) in [6, 6.07) is 10.4. The van der Waals surface area contributed by atoms with Crippen LogP contribution in [0.25, 0.3) is 11.0 Å². The average molecular weight is 513 g/mol. The summed E-state index contributed by atoms with van der Waals surface area (Å²) in [7, 11) is 1.58. The van der Waals surface area contributed by atoms with Crippen LogP contribution in [0, 0.1) is 13.8 Å². The van der Waals surface area contributed by atoms with E-state index in [0.717, 1.165) is 42.8 Å². The molecule has 0 radical (unpaired) electrons. The molecule has 2 aliphatic heterocycles. The number of aromatic amines is 1. The maximum atomic E-state index is 13.5. The van der Waals surface area contributed by atoms with Gasteiger partial charge in [-0.25, -0.2) is 9.97 Å². The molecule has 2 N–H and O–H groups in total. The number of carbonyl (C=O) groups excluding carboxylic acids is 1. The quantitative estimate of drug-likeness (QED) is 0.411.